The van der Waals surface area contributed by atoms with Crippen LogP contribution in [-0.4, -0.2) is 24.4 Å². The number of anilines is 1. The number of fused-ring (bicyclic) bond motifs is 1. The normalized spacial score (nSPS) is 11.6. The fraction of sp³-hybridized carbons (Fsp3) is 0.105. The number of ether oxygens (including phenoxy) is 1. The van der Waals surface area contributed by atoms with Gasteiger partial charge < -0.3 is 4.74 Å². The van der Waals surface area contributed by atoms with Crippen LogP contribution in [0.1, 0.15) is 6.92 Å². The smallest absolute Gasteiger partial charge is 0.265 e. The first kappa shape index (κ1) is 19.0. The van der Waals surface area contributed by atoms with Gasteiger partial charge in [-0.25, -0.2) is 13.4 Å². The fourth-order valence-electron chi connectivity index (χ4n) is 2.82. The molecule has 6 nitrogen and oxygen atoms in total. The highest BCUT2D eigenvalue weighted by molar-refractivity contribution is 9.10. The number of nitrogens with zero attached hydrogens (tertiary/aromatic N) is 2. The van der Waals surface area contributed by atoms with Crippen LogP contribution in [0.5, 0.6) is 5.75 Å². The Hall–Kier alpha value is -2.36. The van der Waals surface area contributed by atoms with Crippen molar-refractivity contribution in [3.8, 4) is 17.0 Å². The molecule has 0 aliphatic heterocycles. The van der Waals surface area contributed by atoms with Crippen molar-refractivity contribution in [1.82, 2.24) is 9.38 Å². The van der Waals surface area contributed by atoms with Crippen LogP contribution in [0.4, 0.5) is 5.69 Å². The molecular weight excluding hydrogens is 462 g/mol. The zero-order valence-electron chi connectivity index (χ0n) is 14.8. The first-order valence-corrected chi connectivity index (χ1v) is 11.6. The van der Waals surface area contributed by atoms with E-state index in [-0.39, 0.29) is 4.90 Å². The third kappa shape index (κ3) is 3.65. The van der Waals surface area contributed by atoms with Crippen molar-refractivity contribution in [2.24, 2.45) is 0 Å². The second kappa shape index (κ2) is 7.57. The molecule has 2 aromatic heterocycles. The van der Waals surface area contributed by atoms with Gasteiger partial charge in [-0.15, -0.1) is 11.3 Å². The summed E-state index contributed by atoms with van der Waals surface area (Å²) in [5, 5.41) is 1.95. The summed E-state index contributed by atoms with van der Waals surface area (Å²) in [6, 6.07) is 12.1. The number of para-hydroxylation sites is 1. The largest absolute Gasteiger partial charge is 0.492 e. The van der Waals surface area contributed by atoms with E-state index in [0.717, 1.165) is 4.96 Å². The molecule has 0 spiro atoms. The lowest BCUT2D eigenvalue weighted by Gasteiger charge is -2.14. The summed E-state index contributed by atoms with van der Waals surface area (Å²) in [6.45, 7) is 2.18. The molecule has 0 fully saturated rings. The number of halogens is 1. The Morgan fingerprint density at radius 3 is 2.86 bits per heavy atom. The molecular formula is C19H16BrN3O3S2. The number of imidazole rings is 1. The Morgan fingerprint density at radius 1 is 1.25 bits per heavy atom. The molecule has 4 rings (SSSR count). The summed E-state index contributed by atoms with van der Waals surface area (Å²) >= 11 is 4.85. The highest BCUT2D eigenvalue weighted by Gasteiger charge is 2.22. The number of rotatable bonds is 6. The molecule has 2 heterocycles. The van der Waals surface area contributed by atoms with Crippen LogP contribution >= 0.6 is 27.3 Å². The number of sulfonamides is 1. The molecule has 0 radical (unpaired) electrons. The molecule has 28 heavy (non-hydrogen) atoms. The van der Waals surface area contributed by atoms with Gasteiger partial charge in [-0.3, -0.25) is 9.12 Å². The van der Waals surface area contributed by atoms with Crippen LogP contribution in [0.3, 0.4) is 0 Å². The van der Waals surface area contributed by atoms with Crippen molar-refractivity contribution in [3.63, 3.8) is 0 Å². The molecule has 2 aromatic carbocycles. The van der Waals surface area contributed by atoms with E-state index in [4.69, 9.17) is 4.74 Å². The molecule has 4 aromatic rings. The summed E-state index contributed by atoms with van der Waals surface area (Å²) in [5.74, 6) is 0.304. The Kier molecular flexibility index (Phi) is 5.13. The van der Waals surface area contributed by atoms with E-state index in [2.05, 4.69) is 25.6 Å². The van der Waals surface area contributed by atoms with Crippen molar-refractivity contribution >= 4 is 47.9 Å². The molecule has 9 heteroatoms. The zero-order chi connectivity index (χ0) is 19.7. The topological polar surface area (TPSA) is 72.7 Å². The summed E-state index contributed by atoms with van der Waals surface area (Å²) in [6.07, 6.45) is 3.79. The van der Waals surface area contributed by atoms with Gasteiger partial charge in [-0.05, 0) is 31.2 Å². The molecule has 0 aliphatic carbocycles. The number of aromatic nitrogens is 2. The number of hydrogen-bond donors (Lipinski definition) is 1. The van der Waals surface area contributed by atoms with Gasteiger partial charge in [0.1, 0.15) is 10.6 Å². The van der Waals surface area contributed by atoms with Gasteiger partial charge in [0, 0.05) is 27.8 Å². The van der Waals surface area contributed by atoms with E-state index in [1.54, 1.807) is 24.3 Å². The van der Waals surface area contributed by atoms with Gasteiger partial charge in [-0.1, -0.05) is 34.1 Å². The van der Waals surface area contributed by atoms with E-state index in [1.807, 2.05) is 41.2 Å². The quantitative estimate of drug-likeness (QED) is 0.422. The average Bonchev–Trinajstić information content (AvgIpc) is 3.25. The highest BCUT2D eigenvalue weighted by atomic mass is 79.9. The molecule has 0 bridgehead atoms. The average molecular weight is 478 g/mol. The predicted molar refractivity (Wildman–Crippen MR) is 115 cm³/mol. The van der Waals surface area contributed by atoms with Gasteiger partial charge in [0.25, 0.3) is 10.0 Å². The molecule has 0 aliphatic rings. The maximum Gasteiger partial charge on any atom is 0.265 e. The minimum Gasteiger partial charge on any atom is -0.492 e. The number of thiazole rings is 1. The Bertz CT molecular complexity index is 1220. The van der Waals surface area contributed by atoms with E-state index >= 15 is 0 Å². The van der Waals surface area contributed by atoms with Crippen LogP contribution in [0.2, 0.25) is 0 Å². The van der Waals surface area contributed by atoms with Gasteiger partial charge in [0.2, 0.25) is 0 Å². The number of benzene rings is 2. The Balaban J connectivity index is 1.75. The maximum atomic E-state index is 13.1. The predicted octanol–water partition coefficient (Wildman–Crippen LogP) is 5.02. The maximum absolute atomic E-state index is 13.1. The Morgan fingerprint density at radius 2 is 2.07 bits per heavy atom. The van der Waals surface area contributed by atoms with Crippen LogP contribution < -0.4 is 9.46 Å². The lowest BCUT2D eigenvalue weighted by atomic mass is 10.1. The third-order valence-electron chi connectivity index (χ3n) is 4.04. The number of nitrogens with one attached hydrogen (secondary N) is 1. The van der Waals surface area contributed by atoms with E-state index in [0.29, 0.717) is 33.8 Å². The van der Waals surface area contributed by atoms with Crippen molar-refractivity contribution in [2.45, 2.75) is 11.8 Å². The second-order valence-corrected chi connectivity index (χ2v) is 9.33. The molecule has 0 unspecified atom stereocenters. The molecule has 0 saturated carbocycles. The minimum atomic E-state index is -3.87. The monoisotopic (exact) mass is 477 g/mol. The van der Waals surface area contributed by atoms with Gasteiger partial charge in [-0.2, -0.15) is 0 Å². The molecule has 0 saturated heterocycles. The van der Waals surface area contributed by atoms with Crippen LogP contribution in [-0.2, 0) is 10.0 Å². The van der Waals surface area contributed by atoms with Gasteiger partial charge >= 0.3 is 0 Å². The molecule has 0 atom stereocenters. The summed E-state index contributed by atoms with van der Waals surface area (Å²) in [5.41, 5.74) is 1.86. The van der Waals surface area contributed by atoms with E-state index in [9.17, 15) is 8.42 Å². The minimum absolute atomic E-state index is 0.0735. The summed E-state index contributed by atoms with van der Waals surface area (Å²) < 4.78 is 37.0. The fourth-order valence-corrected chi connectivity index (χ4v) is 5.28. The van der Waals surface area contributed by atoms with Crippen molar-refractivity contribution in [3.05, 3.63) is 64.7 Å². The summed E-state index contributed by atoms with van der Waals surface area (Å²) in [7, 11) is -3.87. The zero-order valence-corrected chi connectivity index (χ0v) is 18.0. The van der Waals surface area contributed by atoms with E-state index in [1.165, 1.54) is 17.4 Å². The van der Waals surface area contributed by atoms with Gasteiger partial charge in [0.15, 0.2) is 4.96 Å². The lowest BCUT2D eigenvalue weighted by Crippen LogP contribution is -2.15. The van der Waals surface area contributed by atoms with Crippen LogP contribution in [0.25, 0.3) is 16.2 Å². The Labute approximate surface area is 175 Å². The van der Waals surface area contributed by atoms with Crippen molar-refractivity contribution < 1.29 is 13.2 Å². The number of hydrogen-bond acceptors (Lipinski definition) is 5. The van der Waals surface area contributed by atoms with E-state index < -0.39 is 10.0 Å². The van der Waals surface area contributed by atoms with Gasteiger partial charge in [0.05, 0.1) is 18.0 Å². The molecule has 144 valence electrons. The van der Waals surface area contributed by atoms with Crippen molar-refractivity contribution in [1.29, 1.82) is 0 Å². The third-order valence-corrected chi connectivity index (χ3v) is 6.69. The standard InChI is InChI=1S/C19H16BrN3O3S2/c1-2-26-17-8-7-13(20)11-18(17)28(24,25)22-15-6-4-3-5-14(15)16-12-23-9-10-27-19(23)21-16/h3-12,22H,2H2,1H3. The SMILES string of the molecule is CCOc1ccc(Br)cc1S(=O)(=O)Nc1ccccc1-c1cn2ccsc2n1. The molecule has 1 N–H and O–H groups in total. The molecule has 0 amide bonds. The first-order chi connectivity index (χ1) is 13.5. The van der Waals surface area contributed by atoms with Crippen LogP contribution in [0, 0.1) is 0 Å². The summed E-state index contributed by atoms with van der Waals surface area (Å²) in [4.78, 5) is 5.50. The lowest BCUT2D eigenvalue weighted by molar-refractivity contribution is 0.331. The van der Waals surface area contributed by atoms with Crippen LogP contribution in [0.15, 0.2) is 69.6 Å². The first-order valence-electron chi connectivity index (χ1n) is 8.44. The van der Waals surface area contributed by atoms with Crippen molar-refractivity contribution in [2.75, 3.05) is 11.3 Å². The highest BCUT2D eigenvalue weighted by Crippen LogP contribution is 2.33. The second-order valence-electron chi connectivity index (χ2n) is 5.89.